The van der Waals surface area contributed by atoms with Crippen molar-refractivity contribution in [2.75, 3.05) is 6.61 Å². The summed E-state index contributed by atoms with van der Waals surface area (Å²) in [5, 5.41) is 12.4. The van der Waals surface area contributed by atoms with Crippen LogP contribution in [0.3, 0.4) is 0 Å². The predicted molar refractivity (Wildman–Crippen MR) is 68.4 cm³/mol. The number of carbonyl (C=O) groups excluding carboxylic acids is 1. The maximum absolute atomic E-state index is 11.9. The second-order valence-corrected chi connectivity index (χ2v) is 4.46. The molecule has 0 bridgehead atoms. The van der Waals surface area contributed by atoms with Crippen molar-refractivity contribution in [3.8, 4) is 0 Å². The maximum Gasteiger partial charge on any atom is 0.338 e. The van der Waals surface area contributed by atoms with E-state index in [1.54, 1.807) is 6.92 Å². The first kappa shape index (κ1) is 12.6. The topological polar surface area (TPSA) is 58.9 Å². The first-order valence-electron chi connectivity index (χ1n) is 6.19. The van der Waals surface area contributed by atoms with E-state index in [0.717, 1.165) is 36.0 Å². The lowest BCUT2D eigenvalue weighted by Crippen LogP contribution is -2.18. The van der Waals surface area contributed by atoms with E-state index in [-0.39, 0.29) is 5.97 Å². The summed E-state index contributed by atoms with van der Waals surface area (Å²) in [6.45, 7) is 4.08. The molecule has 0 saturated heterocycles. The Bertz CT molecular complexity index is 506. The van der Waals surface area contributed by atoms with Gasteiger partial charge in [-0.25, -0.2) is 4.79 Å². The number of aryl methyl sites for hydroxylation is 1. The maximum atomic E-state index is 11.9. The van der Waals surface area contributed by atoms with Gasteiger partial charge in [0, 0.05) is 5.56 Å². The normalized spacial score (nSPS) is 16.4. The molecule has 4 heteroatoms. The van der Waals surface area contributed by atoms with Crippen molar-refractivity contribution in [1.82, 2.24) is 0 Å². The predicted octanol–water partition coefficient (Wildman–Crippen LogP) is 2.69. The van der Waals surface area contributed by atoms with E-state index >= 15 is 0 Å². The van der Waals surface area contributed by atoms with Gasteiger partial charge in [-0.2, -0.15) is 0 Å². The highest BCUT2D eigenvalue weighted by molar-refractivity contribution is 6.05. The molecule has 1 aliphatic carbocycles. The lowest BCUT2D eigenvalue weighted by atomic mass is 9.85. The van der Waals surface area contributed by atoms with Gasteiger partial charge in [-0.1, -0.05) is 5.16 Å². The number of nitrogens with zero attached hydrogens (tertiary/aromatic N) is 1. The van der Waals surface area contributed by atoms with Crippen molar-refractivity contribution in [1.29, 1.82) is 0 Å². The summed E-state index contributed by atoms with van der Waals surface area (Å²) in [6, 6.07) is 3.81. The minimum atomic E-state index is -0.295. The van der Waals surface area contributed by atoms with E-state index in [2.05, 4.69) is 5.16 Å². The summed E-state index contributed by atoms with van der Waals surface area (Å²) in [4.78, 5) is 11.9. The summed E-state index contributed by atoms with van der Waals surface area (Å²) < 4.78 is 5.08. The molecule has 0 aromatic heterocycles. The summed E-state index contributed by atoms with van der Waals surface area (Å²) in [5.74, 6) is -0.295. The zero-order valence-corrected chi connectivity index (χ0v) is 10.7. The molecular weight excluding hydrogens is 230 g/mol. The SMILES string of the molecule is CCOC(=O)c1cc(C)cc2c1CCC/C2=N/O. The molecule has 0 heterocycles. The average molecular weight is 247 g/mol. The molecule has 0 spiro atoms. The van der Waals surface area contributed by atoms with Crippen LogP contribution >= 0.6 is 0 Å². The van der Waals surface area contributed by atoms with Crippen LogP contribution in [0, 0.1) is 6.92 Å². The van der Waals surface area contributed by atoms with E-state index < -0.39 is 0 Å². The molecule has 0 saturated carbocycles. The fourth-order valence-electron chi connectivity index (χ4n) is 2.41. The molecule has 0 fully saturated rings. The number of rotatable bonds is 2. The Morgan fingerprint density at radius 2 is 2.22 bits per heavy atom. The standard InChI is InChI=1S/C14H17NO3/c1-3-18-14(16)12-8-9(2)7-11-10(12)5-4-6-13(11)15-17/h7-8,17H,3-6H2,1-2H3/b15-13-. The minimum absolute atomic E-state index is 0.295. The molecule has 1 aromatic carbocycles. The van der Waals surface area contributed by atoms with Crippen LogP contribution < -0.4 is 0 Å². The van der Waals surface area contributed by atoms with Crippen LogP contribution in [0.25, 0.3) is 0 Å². The number of benzene rings is 1. The van der Waals surface area contributed by atoms with Gasteiger partial charge >= 0.3 is 5.97 Å². The molecule has 1 aliphatic rings. The fourth-order valence-corrected chi connectivity index (χ4v) is 2.41. The number of fused-ring (bicyclic) bond motifs is 1. The number of carbonyl (C=O) groups is 1. The third-order valence-corrected chi connectivity index (χ3v) is 3.16. The molecule has 0 radical (unpaired) electrons. The van der Waals surface area contributed by atoms with Crippen LogP contribution in [-0.4, -0.2) is 23.5 Å². The molecule has 2 rings (SSSR count). The van der Waals surface area contributed by atoms with Gasteiger partial charge in [0.05, 0.1) is 17.9 Å². The third kappa shape index (κ3) is 2.23. The average Bonchev–Trinajstić information content (AvgIpc) is 2.37. The quantitative estimate of drug-likeness (QED) is 0.496. The lowest BCUT2D eigenvalue weighted by Gasteiger charge is -2.20. The van der Waals surface area contributed by atoms with Crippen LogP contribution in [-0.2, 0) is 11.2 Å². The largest absolute Gasteiger partial charge is 0.462 e. The van der Waals surface area contributed by atoms with Gasteiger partial charge in [-0.15, -0.1) is 0 Å². The molecule has 4 nitrogen and oxygen atoms in total. The molecule has 0 unspecified atom stereocenters. The van der Waals surface area contributed by atoms with E-state index in [1.165, 1.54) is 0 Å². The molecule has 0 aliphatic heterocycles. The number of esters is 1. The van der Waals surface area contributed by atoms with Crippen molar-refractivity contribution in [2.24, 2.45) is 5.16 Å². The Morgan fingerprint density at radius 1 is 1.44 bits per heavy atom. The molecule has 18 heavy (non-hydrogen) atoms. The monoisotopic (exact) mass is 247 g/mol. The number of oxime groups is 1. The number of ether oxygens (including phenoxy) is 1. The number of hydrogen-bond acceptors (Lipinski definition) is 4. The summed E-state index contributed by atoms with van der Waals surface area (Å²) in [7, 11) is 0. The van der Waals surface area contributed by atoms with Gasteiger partial charge in [0.1, 0.15) is 0 Å². The van der Waals surface area contributed by atoms with Gasteiger partial charge in [-0.3, -0.25) is 0 Å². The minimum Gasteiger partial charge on any atom is -0.462 e. The van der Waals surface area contributed by atoms with Gasteiger partial charge < -0.3 is 9.94 Å². The summed E-state index contributed by atoms with van der Waals surface area (Å²) >= 11 is 0. The summed E-state index contributed by atoms with van der Waals surface area (Å²) in [6.07, 6.45) is 2.46. The van der Waals surface area contributed by atoms with Crippen LogP contribution in [0.15, 0.2) is 17.3 Å². The van der Waals surface area contributed by atoms with Crippen molar-refractivity contribution < 1.29 is 14.7 Å². The van der Waals surface area contributed by atoms with Gasteiger partial charge in [-0.05, 0) is 56.4 Å². The van der Waals surface area contributed by atoms with Crippen molar-refractivity contribution in [2.45, 2.75) is 33.1 Å². The second-order valence-electron chi connectivity index (χ2n) is 4.46. The van der Waals surface area contributed by atoms with Crippen LogP contribution in [0.2, 0.25) is 0 Å². The van der Waals surface area contributed by atoms with Crippen LogP contribution in [0.1, 0.15) is 46.8 Å². The van der Waals surface area contributed by atoms with Crippen LogP contribution in [0.4, 0.5) is 0 Å². The van der Waals surface area contributed by atoms with Crippen molar-refractivity contribution in [3.05, 3.63) is 34.4 Å². The third-order valence-electron chi connectivity index (χ3n) is 3.16. The second kappa shape index (κ2) is 5.21. The molecule has 0 atom stereocenters. The molecule has 96 valence electrons. The van der Waals surface area contributed by atoms with E-state index in [4.69, 9.17) is 9.94 Å². The zero-order chi connectivity index (χ0) is 13.1. The molecule has 1 aromatic rings. The fraction of sp³-hybridized carbons (Fsp3) is 0.429. The molecular formula is C14H17NO3. The Labute approximate surface area is 106 Å². The highest BCUT2D eigenvalue weighted by Crippen LogP contribution is 2.27. The Hall–Kier alpha value is -1.84. The van der Waals surface area contributed by atoms with E-state index in [1.807, 2.05) is 19.1 Å². The number of hydrogen-bond donors (Lipinski definition) is 1. The van der Waals surface area contributed by atoms with Crippen molar-refractivity contribution in [3.63, 3.8) is 0 Å². The van der Waals surface area contributed by atoms with E-state index in [0.29, 0.717) is 17.9 Å². The Balaban J connectivity index is 2.55. The highest BCUT2D eigenvalue weighted by Gasteiger charge is 2.23. The zero-order valence-electron chi connectivity index (χ0n) is 10.7. The lowest BCUT2D eigenvalue weighted by molar-refractivity contribution is 0.0525. The Morgan fingerprint density at radius 3 is 2.89 bits per heavy atom. The smallest absolute Gasteiger partial charge is 0.338 e. The van der Waals surface area contributed by atoms with E-state index in [9.17, 15) is 4.79 Å². The summed E-state index contributed by atoms with van der Waals surface area (Å²) in [5.41, 5.74) is 4.06. The Kier molecular flexibility index (Phi) is 3.65. The van der Waals surface area contributed by atoms with Crippen LogP contribution in [0.5, 0.6) is 0 Å². The molecule has 0 amide bonds. The van der Waals surface area contributed by atoms with Gasteiger partial charge in [0.25, 0.3) is 0 Å². The van der Waals surface area contributed by atoms with Gasteiger partial charge in [0.15, 0.2) is 0 Å². The highest BCUT2D eigenvalue weighted by atomic mass is 16.5. The van der Waals surface area contributed by atoms with Gasteiger partial charge in [0.2, 0.25) is 0 Å². The first-order valence-corrected chi connectivity index (χ1v) is 6.19. The van der Waals surface area contributed by atoms with Crippen molar-refractivity contribution >= 4 is 11.7 Å². The molecule has 1 N–H and O–H groups in total. The first-order chi connectivity index (χ1) is 8.67.